The van der Waals surface area contributed by atoms with Crippen LogP contribution >= 0.6 is 0 Å². The van der Waals surface area contributed by atoms with Crippen LogP contribution in [-0.2, 0) is 16.0 Å². The number of hydrogen-bond donors (Lipinski definition) is 0. The van der Waals surface area contributed by atoms with E-state index < -0.39 is 0 Å². The van der Waals surface area contributed by atoms with E-state index >= 15 is 0 Å². The molecule has 2 aliphatic heterocycles. The summed E-state index contributed by atoms with van der Waals surface area (Å²) in [6.07, 6.45) is 3.54. The molecule has 0 spiro atoms. The summed E-state index contributed by atoms with van der Waals surface area (Å²) in [4.78, 5) is 27.5. The minimum Gasteiger partial charge on any atom is -0.454 e. The predicted octanol–water partition coefficient (Wildman–Crippen LogP) is 2.45. The summed E-state index contributed by atoms with van der Waals surface area (Å²) in [6.45, 7) is 3.90. The number of likely N-dealkylation sites (tertiary alicyclic amines) is 1. The third-order valence-corrected chi connectivity index (χ3v) is 5.25. The zero-order chi connectivity index (χ0) is 18.7. The molecule has 2 aliphatic rings. The molecule has 26 heavy (non-hydrogen) atoms. The smallest absolute Gasteiger partial charge is 0.231 e. The van der Waals surface area contributed by atoms with Gasteiger partial charge in [0.25, 0.3) is 0 Å². The molecular weight excluding hydrogens is 332 g/mol. The van der Waals surface area contributed by atoms with Gasteiger partial charge in [0.1, 0.15) is 0 Å². The van der Waals surface area contributed by atoms with Crippen LogP contribution in [0.4, 0.5) is 0 Å². The zero-order valence-corrected chi connectivity index (χ0v) is 15.9. The van der Waals surface area contributed by atoms with E-state index in [1.165, 1.54) is 5.56 Å². The molecule has 6 nitrogen and oxygen atoms in total. The molecule has 0 radical (unpaired) electrons. The third-order valence-electron chi connectivity index (χ3n) is 5.25. The van der Waals surface area contributed by atoms with E-state index in [1.54, 1.807) is 19.0 Å². The number of nitrogens with zero attached hydrogens (tertiary/aromatic N) is 2. The lowest BCUT2D eigenvalue weighted by Crippen LogP contribution is -2.46. The summed E-state index contributed by atoms with van der Waals surface area (Å²) in [5.41, 5.74) is 1.24. The highest BCUT2D eigenvalue weighted by atomic mass is 16.7. The van der Waals surface area contributed by atoms with Gasteiger partial charge in [0.2, 0.25) is 18.6 Å². The van der Waals surface area contributed by atoms with Gasteiger partial charge in [0, 0.05) is 40.0 Å². The maximum atomic E-state index is 12.3. The van der Waals surface area contributed by atoms with Gasteiger partial charge in [-0.1, -0.05) is 13.0 Å². The van der Waals surface area contributed by atoms with Crippen molar-refractivity contribution in [2.45, 2.75) is 39.0 Å². The molecule has 2 heterocycles. The van der Waals surface area contributed by atoms with Crippen LogP contribution in [0.5, 0.6) is 11.5 Å². The van der Waals surface area contributed by atoms with Crippen molar-refractivity contribution in [2.24, 2.45) is 5.41 Å². The highest BCUT2D eigenvalue weighted by Crippen LogP contribution is 2.37. The second kappa shape index (κ2) is 7.56. The summed E-state index contributed by atoms with van der Waals surface area (Å²) in [7, 11) is 3.52. The van der Waals surface area contributed by atoms with Gasteiger partial charge in [-0.15, -0.1) is 0 Å². The van der Waals surface area contributed by atoms with E-state index in [1.807, 2.05) is 17.0 Å². The van der Waals surface area contributed by atoms with E-state index in [2.05, 4.69) is 13.0 Å². The third kappa shape index (κ3) is 4.29. The van der Waals surface area contributed by atoms with Gasteiger partial charge >= 0.3 is 0 Å². The molecule has 0 aromatic heterocycles. The lowest BCUT2D eigenvalue weighted by Gasteiger charge is -2.40. The van der Waals surface area contributed by atoms with E-state index in [0.717, 1.165) is 30.9 Å². The van der Waals surface area contributed by atoms with Gasteiger partial charge in [0.05, 0.1) is 0 Å². The van der Waals surface area contributed by atoms with Crippen molar-refractivity contribution in [1.82, 2.24) is 9.80 Å². The number of carbonyl (C=O) groups excluding carboxylic acids is 2. The Morgan fingerprint density at radius 3 is 2.81 bits per heavy atom. The quantitative estimate of drug-likeness (QED) is 0.782. The first kappa shape index (κ1) is 18.5. The fourth-order valence-corrected chi connectivity index (χ4v) is 3.73. The Balaban J connectivity index is 1.59. The molecule has 142 valence electrons. The molecule has 1 aromatic rings. The van der Waals surface area contributed by atoms with Crippen LogP contribution in [0.2, 0.25) is 0 Å². The molecule has 3 rings (SSSR count). The lowest BCUT2D eigenvalue weighted by atomic mass is 9.76. The number of piperidine rings is 1. The minimum atomic E-state index is 0.0349. The van der Waals surface area contributed by atoms with Crippen LogP contribution in [0.1, 0.15) is 38.2 Å². The predicted molar refractivity (Wildman–Crippen MR) is 98.1 cm³/mol. The molecule has 1 aromatic carbocycles. The normalized spacial score (nSPS) is 21.8. The van der Waals surface area contributed by atoms with Gasteiger partial charge in [-0.3, -0.25) is 9.59 Å². The maximum Gasteiger partial charge on any atom is 0.231 e. The van der Waals surface area contributed by atoms with Gasteiger partial charge in [-0.2, -0.15) is 0 Å². The topological polar surface area (TPSA) is 59.1 Å². The standard InChI is InChI=1S/C20H28N2O4/c1-20(12-15-6-7-16-17(11-15)26-14-25-16)9-8-19(24)22(13-20)10-4-5-18(23)21(2)3/h6-7,11H,4-5,8-10,12-14H2,1-3H3/t20-/m0/s1. The number of fused-ring (bicyclic) bond motifs is 1. The van der Waals surface area contributed by atoms with Crippen molar-refractivity contribution in [2.75, 3.05) is 34.0 Å². The summed E-state index contributed by atoms with van der Waals surface area (Å²) >= 11 is 0. The second-order valence-corrected chi connectivity index (χ2v) is 7.88. The Kier molecular flexibility index (Phi) is 5.39. The van der Waals surface area contributed by atoms with Crippen molar-refractivity contribution in [3.63, 3.8) is 0 Å². The number of amides is 2. The number of ether oxygens (including phenoxy) is 2. The molecule has 0 bridgehead atoms. The fourth-order valence-electron chi connectivity index (χ4n) is 3.73. The van der Waals surface area contributed by atoms with Crippen LogP contribution in [-0.4, -0.2) is 55.6 Å². The number of hydrogen-bond acceptors (Lipinski definition) is 4. The average molecular weight is 360 g/mol. The average Bonchev–Trinajstić information content (AvgIpc) is 3.05. The highest BCUT2D eigenvalue weighted by Gasteiger charge is 2.35. The monoisotopic (exact) mass is 360 g/mol. The summed E-state index contributed by atoms with van der Waals surface area (Å²) in [6, 6.07) is 6.08. The first-order valence-electron chi connectivity index (χ1n) is 9.23. The Labute approximate surface area is 155 Å². The van der Waals surface area contributed by atoms with E-state index in [0.29, 0.717) is 25.8 Å². The van der Waals surface area contributed by atoms with E-state index in [4.69, 9.17) is 9.47 Å². The van der Waals surface area contributed by atoms with Crippen molar-refractivity contribution in [1.29, 1.82) is 0 Å². The molecule has 2 amide bonds. The van der Waals surface area contributed by atoms with Crippen LogP contribution < -0.4 is 9.47 Å². The zero-order valence-electron chi connectivity index (χ0n) is 15.9. The van der Waals surface area contributed by atoms with Crippen molar-refractivity contribution >= 4 is 11.8 Å². The van der Waals surface area contributed by atoms with Crippen LogP contribution in [0.3, 0.4) is 0 Å². The van der Waals surface area contributed by atoms with Crippen LogP contribution in [0, 0.1) is 5.41 Å². The van der Waals surface area contributed by atoms with Crippen LogP contribution in [0.15, 0.2) is 18.2 Å². The van der Waals surface area contributed by atoms with Gasteiger partial charge in [0.15, 0.2) is 11.5 Å². The number of carbonyl (C=O) groups is 2. The molecule has 6 heteroatoms. The maximum absolute atomic E-state index is 12.3. The number of benzene rings is 1. The molecule has 0 unspecified atom stereocenters. The lowest BCUT2D eigenvalue weighted by molar-refractivity contribution is -0.138. The van der Waals surface area contributed by atoms with Gasteiger partial charge in [-0.05, 0) is 42.4 Å². The molecule has 0 aliphatic carbocycles. The van der Waals surface area contributed by atoms with Crippen LogP contribution in [0.25, 0.3) is 0 Å². The largest absolute Gasteiger partial charge is 0.454 e. The van der Waals surface area contributed by atoms with Gasteiger partial charge in [-0.25, -0.2) is 0 Å². The molecular formula is C20H28N2O4. The Bertz CT molecular complexity index is 688. The fraction of sp³-hybridized carbons (Fsp3) is 0.600. The molecule has 0 N–H and O–H groups in total. The first-order chi connectivity index (χ1) is 12.4. The first-order valence-corrected chi connectivity index (χ1v) is 9.23. The molecule has 1 saturated heterocycles. The molecule has 1 atom stereocenters. The van der Waals surface area contributed by atoms with E-state index in [9.17, 15) is 9.59 Å². The van der Waals surface area contributed by atoms with Gasteiger partial charge < -0.3 is 19.3 Å². The summed E-state index contributed by atoms with van der Waals surface area (Å²) < 4.78 is 10.8. The number of rotatable bonds is 6. The Morgan fingerprint density at radius 1 is 1.27 bits per heavy atom. The van der Waals surface area contributed by atoms with E-state index in [-0.39, 0.29) is 24.0 Å². The second-order valence-electron chi connectivity index (χ2n) is 7.88. The van der Waals surface area contributed by atoms with Crippen molar-refractivity contribution in [3.8, 4) is 11.5 Å². The summed E-state index contributed by atoms with van der Waals surface area (Å²) in [5, 5.41) is 0. The van der Waals surface area contributed by atoms with Crippen molar-refractivity contribution < 1.29 is 19.1 Å². The Hall–Kier alpha value is -2.24. The summed E-state index contributed by atoms with van der Waals surface area (Å²) in [5.74, 6) is 1.91. The van der Waals surface area contributed by atoms with Crippen molar-refractivity contribution in [3.05, 3.63) is 23.8 Å². The minimum absolute atomic E-state index is 0.0349. The highest BCUT2D eigenvalue weighted by molar-refractivity contribution is 5.77. The molecule has 1 fully saturated rings. The SMILES string of the molecule is CN(C)C(=O)CCCN1C[C@](C)(Cc2ccc3c(c2)OCO3)CCC1=O. The molecule has 0 saturated carbocycles. The Morgan fingerprint density at radius 2 is 2.04 bits per heavy atom.